The monoisotopic (exact) mass is 366 g/mol. The molecule has 0 unspecified atom stereocenters. The number of allylic oxidation sites excluding steroid dienone is 1. The van der Waals surface area contributed by atoms with Gasteiger partial charge in [0.05, 0.1) is 25.7 Å². The fourth-order valence-corrected chi connectivity index (χ4v) is 2.84. The highest BCUT2D eigenvalue weighted by molar-refractivity contribution is 6.14. The Morgan fingerprint density at radius 2 is 1.85 bits per heavy atom. The molecule has 0 amide bonds. The van der Waals surface area contributed by atoms with Crippen LogP contribution in [0.5, 0.6) is 23.0 Å². The van der Waals surface area contributed by atoms with Crippen molar-refractivity contribution >= 4 is 17.8 Å². The molecule has 1 aliphatic heterocycles. The number of ether oxygens (including phenoxy) is 4. The fraction of sp³-hybridized carbons (Fsp3) is 0.238. The number of Topliss-reactive ketones (excluding diaryl/α,β-unsaturated/α-hetero) is 1. The van der Waals surface area contributed by atoms with Crippen LogP contribution in [-0.2, 0) is 4.79 Å². The van der Waals surface area contributed by atoms with Crippen LogP contribution in [0.1, 0.15) is 28.8 Å². The number of fused-ring (bicyclic) bond motifs is 1. The van der Waals surface area contributed by atoms with E-state index in [1.165, 1.54) is 0 Å². The Morgan fingerprint density at radius 1 is 1.07 bits per heavy atom. The molecule has 1 fully saturated rings. The molecule has 138 valence electrons. The number of benzene rings is 2. The van der Waals surface area contributed by atoms with Crippen LogP contribution >= 0.6 is 0 Å². The molecule has 4 rings (SSSR count). The average Bonchev–Trinajstić information content (AvgIpc) is 3.48. The Kier molecular flexibility index (Phi) is 4.32. The van der Waals surface area contributed by atoms with Crippen molar-refractivity contribution in [2.45, 2.75) is 12.8 Å². The first kappa shape index (κ1) is 17.1. The Hall–Kier alpha value is -3.28. The summed E-state index contributed by atoms with van der Waals surface area (Å²) in [6.07, 6.45) is 3.35. The van der Waals surface area contributed by atoms with Gasteiger partial charge in [-0.05, 0) is 49.2 Å². The standard InChI is InChI=1S/C21H18O6/c1-24-14-6-8-17(25-2)13(9-14)10-19-20(22)16-7-5-15(11-18(16)27-19)26-21(23)12-3-4-12/h5-12H,3-4H2,1-2H3/b19-10-. The minimum absolute atomic E-state index is 0.00297. The molecule has 27 heavy (non-hydrogen) atoms. The van der Waals surface area contributed by atoms with E-state index in [1.807, 2.05) is 0 Å². The van der Waals surface area contributed by atoms with Crippen LogP contribution in [0.15, 0.2) is 42.2 Å². The van der Waals surface area contributed by atoms with Crippen molar-refractivity contribution in [3.63, 3.8) is 0 Å². The second-order valence-corrected chi connectivity index (χ2v) is 6.40. The van der Waals surface area contributed by atoms with Gasteiger partial charge in [-0.1, -0.05) is 0 Å². The lowest BCUT2D eigenvalue weighted by Gasteiger charge is -2.08. The molecule has 0 radical (unpaired) electrons. The van der Waals surface area contributed by atoms with Crippen molar-refractivity contribution in [2.75, 3.05) is 14.2 Å². The van der Waals surface area contributed by atoms with Crippen LogP contribution in [0.4, 0.5) is 0 Å². The van der Waals surface area contributed by atoms with Gasteiger partial charge in [0.25, 0.3) is 0 Å². The van der Waals surface area contributed by atoms with Crippen LogP contribution in [0.3, 0.4) is 0 Å². The molecule has 2 aliphatic rings. The third kappa shape index (κ3) is 3.38. The van der Waals surface area contributed by atoms with E-state index >= 15 is 0 Å². The molecule has 0 saturated heterocycles. The van der Waals surface area contributed by atoms with Crippen molar-refractivity contribution < 1.29 is 28.5 Å². The van der Waals surface area contributed by atoms with Gasteiger partial charge < -0.3 is 18.9 Å². The lowest BCUT2D eigenvalue weighted by Crippen LogP contribution is -2.09. The molecule has 0 N–H and O–H groups in total. The first-order chi connectivity index (χ1) is 13.1. The summed E-state index contributed by atoms with van der Waals surface area (Å²) < 4.78 is 21.6. The Bertz CT molecular complexity index is 955. The zero-order chi connectivity index (χ0) is 19.0. The summed E-state index contributed by atoms with van der Waals surface area (Å²) in [4.78, 5) is 24.4. The normalized spacial score (nSPS) is 16.7. The highest BCUT2D eigenvalue weighted by Gasteiger charge is 2.33. The van der Waals surface area contributed by atoms with E-state index in [-0.39, 0.29) is 23.4 Å². The molecule has 1 saturated carbocycles. The van der Waals surface area contributed by atoms with Gasteiger partial charge in [0.15, 0.2) is 5.76 Å². The second kappa shape index (κ2) is 6.79. The predicted octanol–water partition coefficient (Wildman–Crippen LogP) is 3.64. The van der Waals surface area contributed by atoms with Crippen molar-refractivity contribution in [3.05, 3.63) is 53.3 Å². The van der Waals surface area contributed by atoms with Crippen LogP contribution in [0, 0.1) is 5.92 Å². The molecular formula is C21H18O6. The van der Waals surface area contributed by atoms with E-state index in [0.717, 1.165) is 12.8 Å². The summed E-state index contributed by atoms with van der Waals surface area (Å²) in [6, 6.07) is 10.1. The van der Waals surface area contributed by atoms with Gasteiger partial charge >= 0.3 is 5.97 Å². The molecule has 1 heterocycles. The molecule has 0 atom stereocenters. The zero-order valence-corrected chi connectivity index (χ0v) is 15.0. The minimum Gasteiger partial charge on any atom is -0.497 e. The maximum atomic E-state index is 12.6. The van der Waals surface area contributed by atoms with Gasteiger partial charge in [-0.3, -0.25) is 9.59 Å². The topological polar surface area (TPSA) is 71.1 Å². The van der Waals surface area contributed by atoms with Gasteiger partial charge in [0, 0.05) is 11.6 Å². The van der Waals surface area contributed by atoms with E-state index in [0.29, 0.717) is 34.1 Å². The smallest absolute Gasteiger partial charge is 0.314 e. The number of esters is 1. The molecule has 2 aromatic rings. The highest BCUT2D eigenvalue weighted by atomic mass is 16.5. The first-order valence-corrected chi connectivity index (χ1v) is 8.61. The third-order valence-electron chi connectivity index (χ3n) is 4.49. The Balaban J connectivity index is 1.61. The number of ketones is 1. The van der Waals surface area contributed by atoms with Gasteiger partial charge in [-0.2, -0.15) is 0 Å². The van der Waals surface area contributed by atoms with Gasteiger partial charge in [-0.25, -0.2) is 0 Å². The Labute approximate surface area is 156 Å². The third-order valence-corrected chi connectivity index (χ3v) is 4.49. The molecule has 0 spiro atoms. The predicted molar refractivity (Wildman–Crippen MR) is 97.3 cm³/mol. The van der Waals surface area contributed by atoms with E-state index < -0.39 is 0 Å². The largest absolute Gasteiger partial charge is 0.497 e. The maximum Gasteiger partial charge on any atom is 0.314 e. The zero-order valence-electron chi connectivity index (χ0n) is 15.0. The number of hydrogen-bond donors (Lipinski definition) is 0. The SMILES string of the molecule is COc1ccc(OC)c(/C=C2\Oc3cc(OC(=O)C4CC4)ccc3C2=O)c1. The number of rotatable bonds is 5. The summed E-state index contributed by atoms with van der Waals surface area (Å²) in [7, 11) is 3.12. The van der Waals surface area contributed by atoms with E-state index in [1.54, 1.807) is 56.7 Å². The van der Waals surface area contributed by atoms with E-state index in [9.17, 15) is 9.59 Å². The molecular weight excluding hydrogens is 348 g/mol. The molecule has 6 heteroatoms. The quantitative estimate of drug-likeness (QED) is 0.457. The van der Waals surface area contributed by atoms with Crippen molar-refractivity contribution in [3.8, 4) is 23.0 Å². The van der Waals surface area contributed by atoms with E-state index in [4.69, 9.17) is 18.9 Å². The van der Waals surface area contributed by atoms with Gasteiger partial charge in [-0.15, -0.1) is 0 Å². The van der Waals surface area contributed by atoms with Crippen LogP contribution in [0.25, 0.3) is 6.08 Å². The number of hydrogen-bond acceptors (Lipinski definition) is 6. The number of carbonyl (C=O) groups excluding carboxylic acids is 2. The number of carbonyl (C=O) groups is 2. The summed E-state index contributed by atoms with van der Waals surface area (Å²) in [5, 5.41) is 0. The molecule has 0 aromatic heterocycles. The maximum absolute atomic E-state index is 12.6. The van der Waals surface area contributed by atoms with Gasteiger partial charge in [0.1, 0.15) is 23.0 Å². The van der Waals surface area contributed by atoms with Crippen LogP contribution < -0.4 is 18.9 Å². The highest BCUT2D eigenvalue weighted by Crippen LogP contribution is 2.37. The van der Waals surface area contributed by atoms with Crippen molar-refractivity contribution in [1.29, 1.82) is 0 Å². The number of methoxy groups -OCH3 is 2. The first-order valence-electron chi connectivity index (χ1n) is 8.61. The molecule has 2 aromatic carbocycles. The van der Waals surface area contributed by atoms with Crippen molar-refractivity contribution in [2.24, 2.45) is 5.92 Å². The van der Waals surface area contributed by atoms with E-state index in [2.05, 4.69) is 0 Å². The summed E-state index contributed by atoms with van der Waals surface area (Å²) in [5.41, 5.74) is 1.09. The second-order valence-electron chi connectivity index (χ2n) is 6.40. The average molecular weight is 366 g/mol. The Morgan fingerprint density at radius 3 is 2.56 bits per heavy atom. The molecule has 0 bridgehead atoms. The van der Waals surface area contributed by atoms with Crippen LogP contribution in [-0.4, -0.2) is 26.0 Å². The van der Waals surface area contributed by atoms with Crippen molar-refractivity contribution in [1.82, 2.24) is 0 Å². The summed E-state index contributed by atoms with van der Waals surface area (Å²) >= 11 is 0. The lowest BCUT2D eigenvalue weighted by molar-refractivity contribution is -0.135. The molecule has 6 nitrogen and oxygen atoms in total. The van der Waals surface area contributed by atoms with Crippen LogP contribution in [0.2, 0.25) is 0 Å². The molecule has 1 aliphatic carbocycles. The lowest BCUT2D eigenvalue weighted by atomic mass is 10.1. The summed E-state index contributed by atoms with van der Waals surface area (Å²) in [6.45, 7) is 0. The fourth-order valence-electron chi connectivity index (χ4n) is 2.84. The van der Waals surface area contributed by atoms with Gasteiger partial charge in [0.2, 0.25) is 5.78 Å². The minimum atomic E-state index is -0.241. The summed E-state index contributed by atoms with van der Waals surface area (Å²) in [5.74, 6) is 1.66.